The van der Waals surface area contributed by atoms with Gasteiger partial charge in [-0.25, -0.2) is 4.98 Å². The topological polar surface area (TPSA) is 45.2 Å². The first kappa shape index (κ1) is 11.5. The molecular weight excluding hydrogens is 222 g/mol. The lowest BCUT2D eigenvalue weighted by atomic mass is 10.2. The number of rotatable bonds is 3. The van der Waals surface area contributed by atoms with Crippen LogP contribution in [0.3, 0.4) is 0 Å². The number of amides is 1. The van der Waals surface area contributed by atoms with Gasteiger partial charge in [0.1, 0.15) is 4.88 Å². The second-order valence-electron chi connectivity index (χ2n) is 3.98. The molecule has 1 atom stereocenters. The van der Waals surface area contributed by atoms with Gasteiger partial charge in [0.15, 0.2) is 0 Å². The molecule has 2 heterocycles. The van der Waals surface area contributed by atoms with Crippen LogP contribution < -0.4 is 5.32 Å². The Kier molecular flexibility index (Phi) is 3.56. The quantitative estimate of drug-likeness (QED) is 0.864. The largest absolute Gasteiger partial charge is 0.334 e. The molecule has 1 unspecified atom stereocenters. The lowest BCUT2D eigenvalue weighted by molar-refractivity contribution is 0.0708. The van der Waals surface area contributed by atoms with Gasteiger partial charge in [-0.05, 0) is 26.8 Å². The van der Waals surface area contributed by atoms with E-state index >= 15 is 0 Å². The molecule has 4 nitrogen and oxygen atoms in total. The highest BCUT2D eigenvalue weighted by Gasteiger charge is 2.26. The van der Waals surface area contributed by atoms with E-state index in [9.17, 15) is 4.79 Å². The number of thiazole rings is 1. The summed E-state index contributed by atoms with van der Waals surface area (Å²) in [5.74, 6) is 0.127. The van der Waals surface area contributed by atoms with Crippen molar-refractivity contribution in [3.63, 3.8) is 0 Å². The smallest absolute Gasteiger partial charge is 0.265 e. The SMILES string of the molecule is CCN(C(=O)c1cnc(C)s1)C1CCNC1. The summed E-state index contributed by atoms with van der Waals surface area (Å²) < 4.78 is 0. The number of carbonyl (C=O) groups excluding carboxylic acids is 1. The van der Waals surface area contributed by atoms with E-state index in [2.05, 4.69) is 10.3 Å². The third-order valence-corrected chi connectivity index (χ3v) is 3.81. The molecule has 16 heavy (non-hydrogen) atoms. The van der Waals surface area contributed by atoms with Gasteiger partial charge >= 0.3 is 0 Å². The Morgan fingerprint density at radius 3 is 3.06 bits per heavy atom. The summed E-state index contributed by atoms with van der Waals surface area (Å²) >= 11 is 1.48. The van der Waals surface area contributed by atoms with Crippen LogP contribution in [0.4, 0.5) is 0 Å². The van der Waals surface area contributed by atoms with Gasteiger partial charge < -0.3 is 10.2 Å². The lowest BCUT2D eigenvalue weighted by Gasteiger charge is -2.26. The van der Waals surface area contributed by atoms with Gasteiger partial charge in [-0.2, -0.15) is 0 Å². The molecule has 1 aliphatic heterocycles. The molecule has 1 amide bonds. The van der Waals surface area contributed by atoms with Crippen LogP contribution in [0.25, 0.3) is 0 Å². The summed E-state index contributed by atoms with van der Waals surface area (Å²) in [4.78, 5) is 19.1. The predicted octanol–water partition coefficient (Wildman–Crippen LogP) is 1.28. The average molecular weight is 239 g/mol. The summed E-state index contributed by atoms with van der Waals surface area (Å²) in [6, 6.07) is 0.347. The Bertz CT molecular complexity index is 371. The van der Waals surface area contributed by atoms with E-state index in [0.717, 1.165) is 35.9 Å². The molecule has 2 rings (SSSR count). The third-order valence-electron chi connectivity index (χ3n) is 2.91. The van der Waals surface area contributed by atoms with Crippen LogP contribution in [0.15, 0.2) is 6.20 Å². The second-order valence-corrected chi connectivity index (χ2v) is 5.22. The van der Waals surface area contributed by atoms with Crippen LogP contribution in [-0.2, 0) is 0 Å². The molecule has 1 aliphatic rings. The van der Waals surface area contributed by atoms with Crippen LogP contribution in [0, 0.1) is 6.92 Å². The minimum absolute atomic E-state index is 0.127. The highest BCUT2D eigenvalue weighted by atomic mass is 32.1. The van der Waals surface area contributed by atoms with E-state index in [1.165, 1.54) is 11.3 Å². The van der Waals surface area contributed by atoms with Crippen LogP contribution in [0.2, 0.25) is 0 Å². The monoisotopic (exact) mass is 239 g/mol. The van der Waals surface area contributed by atoms with Crippen molar-refractivity contribution in [2.45, 2.75) is 26.3 Å². The molecular formula is C11H17N3OS. The van der Waals surface area contributed by atoms with Crippen molar-refractivity contribution in [3.8, 4) is 0 Å². The standard InChI is InChI=1S/C11H17N3OS/c1-3-14(9-4-5-12-6-9)11(15)10-7-13-8(2)16-10/h7,9,12H,3-6H2,1-2H3. The average Bonchev–Trinajstić information content (AvgIpc) is 2.90. The van der Waals surface area contributed by atoms with Crippen LogP contribution in [0.1, 0.15) is 28.0 Å². The fourth-order valence-electron chi connectivity index (χ4n) is 2.07. The maximum atomic E-state index is 12.2. The van der Waals surface area contributed by atoms with Crippen molar-refractivity contribution in [3.05, 3.63) is 16.1 Å². The zero-order valence-corrected chi connectivity index (χ0v) is 10.5. The number of hydrogen-bond acceptors (Lipinski definition) is 4. The van der Waals surface area contributed by atoms with E-state index in [4.69, 9.17) is 0 Å². The van der Waals surface area contributed by atoms with Gasteiger partial charge in [-0.15, -0.1) is 11.3 Å². The van der Waals surface area contributed by atoms with Crippen molar-refractivity contribution in [2.24, 2.45) is 0 Å². The molecule has 1 N–H and O–H groups in total. The molecule has 88 valence electrons. The Balaban J connectivity index is 2.11. The predicted molar refractivity (Wildman–Crippen MR) is 64.8 cm³/mol. The number of aromatic nitrogens is 1. The van der Waals surface area contributed by atoms with Crippen LogP contribution in [0.5, 0.6) is 0 Å². The van der Waals surface area contributed by atoms with Crippen molar-refractivity contribution < 1.29 is 4.79 Å². The molecule has 0 bridgehead atoms. The molecule has 1 aromatic rings. The molecule has 1 aromatic heterocycles. The number of nitrogens with zero attached hydrogens (tertiary/aromatic N) is 2. The fraction of sp³-hybridized carbons (Fsp3) is 0.636. The molecule has 0 radical (unpaired) electrons. The van der Waals surface area contributed by atoms with Crippen molar-refractivity contribution in [1.29, 1.82) is 0 Å². The van der Waals surface area contributed by atoms with Crippen molar-refractivity contribution in [1.82, 2.24) is 15.2 Å². The number of hydrogen-bond donors (Lipinski definition) is 1. The minimum Gasteiger partial charge on any atom is -0.334 e. The first-order valence-electron chi connectivity index (χ1n) is 5.66. The second kappa shape index (κ2) is 4.93. The summed E-state index contributed by atoms with van der Waals surface area (Å²) in [7, 11) is 0. The van der Waals surface area contributed by atoms with E-state index in [0.29, 0.717) is 6.04 Å². The maximum Gasteiger partial charge on any atom is 0.265 e. The molecule has 5 heteroatoms. The summed E-state index contributed by atoms with van der Waals surface area (Å²) in [5.41, 5.74) is 0. The maximum absolute atomic E-state index is 12.2. The summed E-state index contributed by atoms with van der Waals surface area (Å²) in [6.45, 7) is 6.65. The summed E-state index contributed by atoms with van der Waals surface area (Å²) in [6.07, 6.45) is 2.74. The summed E-state index contributed by atoms with van der Waals surface area (Å²) in [5, 5.41) is 4.24. The molecule has 0 aliphatic carbocycles. The van der Waals surface area contributed by atoms with Crippen molar-refractivity contribution >= 4 is 17.2 Å². The number of aryl methyl sites for hydroxylation is 1. The van der Waals surface area contributed by atoms with Gasteiger partial charge in [0, 0.05) is 19.1 Å². The first-order chi connectivity index (χ1) is 7.72. The highest BCUT2D eigenvalue weighted by Crippen LogP contribution is 2.17. The van der Waals surface area contributed by atoms with E-state index in [1.54, 1.807) is 6.20 Å². The Morgan fingerprint density at radius 1 is 1.75 bits per heavy atom. The first-order valence-corrected chi connectivity index (χ1v) is 6.48. The van der Waals surface area contributed by atoms with Crippen molar-refractivity contribution in [2.75, 3.05) is 19.6 Å². The fourth-order valence-corrected chi connectivity index (χ4v) is 2.81. The number of likely N-dealkylation sites (N-methyl/N-ethyl adjacent to an activating group) is 1. The minimum atomic E-state index is 0.127. The molecule has 1 saturated heterocycles. The number of nitrogens with one attached hydrogen (secondary N) is 1. The van der Waals surface area contributed by atoms with Gasteiger partial charge in [0.05, 0.1) is 11.2 Å². The third kappa shape index (κ3) is 2.25. The highest BCUT2D eigenvalue weighted by molar-refractivity contribution is 7.13. The van der Waals surface area contributed by atoms with Gasteiger partial charge in [-0.3, -0.25) is 4.79 Å². The Hall–Kier alpha value is -0.940. The molecule has 0 spiro atoms. The van der Waals surface area contributed by atoms with Crippen LogP contribution in [-0.4, -0.2) is 41.5 Å². The van der Waals surface area contributed by atoms with Crippen LogP contribution >= 0.6 is 11.3 Å². The van der Waals surface area contributed by atoms with E-state index < -0.39 is 0 Å². The van der Waals surface area contributed by atoms with Gasteiger partial charge in [0.2, 0.25) is 0 Å². The zero-order chi connectivity index (χ0) is 11.5. The Labute approximate surface area is 99.7 Å². The molecule has 0 saturated carbocycles. The zero-order valence-electron chi connectivity index (χ0n) is 9.69. The van der Waals surface area contributed by atoms with E-state index in [1.807, 2.05) is 18.7 Å². The van der Waals surface area contributed by atoms with Gasteiger partial charge in [-0.1, -0.05) is 0 Å². The Morgan fingerprint density at radius 2 is 2.56 bits per heavy atom. The van der Waals surface area contributed by atoms with Gasteiger partial charge in [0.25, 0.3) is 5.91 Å². The molecule has 1 fully saturated rings. The van der Waals surface area contributed by atoms with E-state index in [-0.39, 0.29) is 5.91 Å². The molecule has 0 aromatic carbocycles. The normalized spacial score (nSPS) is 20.0. The number of carbonyl (C=O) groups is 1. The lowest BCUT2D eigenvalue weighted by Crippen LogP contribution is -2.41.